The van der Waals surface area contributed by atoms with Crippen LogP contribution in [-0.2, 0) is 14.3 Å². The third-order valence-corrected chi connectivity index (χ3v) is 3.97. The zero-order valence-corrected chi connectivity index (χ0v) is 16.5. The molecule has 2 N–H and O–H groups in total. The number of amides is 1. The van der Waals surface area contributed by atoms with Gasteiger partial charge in [0.05, 0.1) is 22.8 Å². The van der Waals surface area contributed by atoms with Gasteiger partial charge in [-0.2, -0.15) is 0 Å². The quantitative estimate of drug-likeness (QED) is 0.199. The van der Waals surface area contributed by atoms with Gasteiger partial charge in [-0.15, -0.1) is 0 Å². The Morgan fingerprint density at radius 2 is 1.80 bits per heavy atom. The molecule has 0 unspecified atom stereocenters. The molecule has 2 rings (SSSR count). The molecule has 0 aliphatic heterocycles. The number of hydrogen-bond acceptors (Lipinski definition) is 8. The number of carbonyl (C=O) groups is 3. The minimum Gasteiger partial charge on any atom is -0.452 e. The van der Waals surface area contributed by atoms with E-state index in [9.17, 15) is 24.5 Å². The summed E-state index contributed by atoms with van der Waals surface area (Å²) in [7, 11) is 1.51. The van der Waals surface area contributed by atoms with Crippen molar-refractivity contribution in [2.24, 2.45) is 0 Å². The van der Waals surface area contributed by atoms with E-state index in [2.05, 4.69) is 10.6 Å². The lowest BCUT2D eigenvalue weighted by Gasteiger charge is -2.12. The molecule has 0 aromatic heterocycles. The number of non-ortho nitro benzene ring substituents is 1. The summed E-state index contributed by atoms with van der Waals surface area (Å²) in [5.41, 5.74) is 0.546. The summed E-state index contributed by atoms with van der Waals surface area (Å²) < 4.78 is 9.94. The number of esters is 1. The number of carbonyl (C=O) groups excluding carboxylic acids is 3. The van der Waals surface area contributed by atoms with Crippen molar-refractivity contribution in [1.29, 1.82) is 0 Å². The van der Waals surface area contributed by atoms with Crippen LogP contribution in [0.25, 0.3) is 0 Å². The highest BCUT2D eigenvalue weighted by Gasteiger charge is 2.19. The summed E-state index contributed by atoms with van der Waals surface area (Å²) in [6.45, 7) is 1.44. The minimum atomic E-state index is -0.909. The van der Waals surface area contributed by atoms with Crippen LogP contribution in [0.1, 0.15) is 27.6 Å². The molecule has 0 radical (unpaired) electrons. The molecule has 2 aromatic carbocycles. The van der Waals surface area contributed by atoms with Gasteiger partial charge in [0.15, 0.2) is 12.4 Å². The Morgan fingerprint density at radius 1 is 1.07 bits per heavy atom. The number of anilines is 2. The van der Waals surface area contributed by atoms with Crippen LogP contribution in [0.4, 0.5) is 17.1 Å². The van der Waals surface area contributed by atoms with Crippen molar-refractivity contribution >= 4 is 34.7 Å². The molecule has 0 fully saturated rings. The van der Waals surface area contributed by atoms with E-state index in [1.807, 2.05) is 0 Å². The van der Waals surface area contributed by atoms with Gasteiger partial charge in [0, 0.05) is 37.0 Å². The van der Waals surface area contributed by atoms with Gasteiger partial charge in [0.25, 0.3) is 11.6 Å². The monoisotopic (exact) mass is 415 g/mol. The van der Waals surface area contributed by atoms with Crippen molar-refractivity contribution < 1.29 is 28.8 Å². The second kappa shape index (κ2) is 10.7. The molecule has 0 aliphatic rings. The van der Waals surface area contributed by atoms with Gasteiger partial charge in [-0.25, -0.2) is 4.79 Å². The number of hydrogen-bond donors (Lipinski definition) is 2. The number of nitro groups is 1. The molecule has 158 valence electrons. The zero-order valence-electron chi connectivity index (χ0n) is 16.5. The molecular formula is C20H21N3O7. The van der Waals surface area contributed by atoms with E-state index in [1.54, 1.807) is 24.3 Å². The molecule has 2 aromatic rings. The van der Waals surface area contributed by atoms with Crippen LogP contribution in [0.3, 0.4) is 0 Å². The third kappa shape index (κ3) is 6.11. The highest BCUT2D eigenvalue weighted by molar-refractivity contribution is 6.04. The summed E-state index contributed by atoms with van der Waals surface area (Å²) >= 11 is 0. The molecule has 0 aliphatic carbocycles. The van der Waals surface area contributed by atoms with Crippen LogP contribution >= 0.6 is 0 Å². The first-order chi connectivity index (χ1) is 14.3. The maximum Gasteiger partial charge on any atom is 0.341 e. The van der Waals surface area contributed by atoms with Crippen molar-refractivity contribution in [2.45, 2.75) is 6.92 Å². The van der Waals surface area contributed by atoms with Crippen molar-refractivity contribution in [2.75, 3.05) is 37.5 Å². The van der Waals surface area contributed by atoms with E-state index in [1.165, 1.54) is 26.2 Å². The number of ether oxygens (including phenoxy) is 2. The Balaban J connectivity index is 2.09. The number of benzene rings is 2. The lowest BCUT2D eigenvalue weighted by atomic mass is 10.1. The zero-order chi connectivity index (χ0) is 22.1. The van der Waals surface area contributed by atoms with E-state index < -0.39 is 23.4 Å². The van der Waals surface area contributed by atoms with Crippen LogP contribution in [0.5, 0.6) is 0 Å². The number of Topliss-reactive ketones (excluding diaryl/α,β-unsaturated/α-hetero) is 1. The Bertz CT molecular complexity index is 959. The Kier molecular flexibility index (Phi) is 8.00. The molecule has 0 bridgehead atoms. The maximum atomic E-state index is 12.5. The first-order valence-corrected chi connectivity index (χ1v) is 8.91. The number of nitro benzene ring substituents is 1. The SMILES string of the molecule is COCCNc1ccc([N+](=O)[O-])cc1C(=O)OCC(=O)Nc1ccccc1C(C)=O. The molecule has 0 heterocycles. The molecule has 10 heteroatoms. The molecule has 1 amide bonds. The number of rotatable bonds is 10. The van der Waals surface area contributed by atoms with E-state index in [0.29, 0.717) is 30.1 Å². The average molecular weight is 415 g/mol. The Morgan fingerprint density at radius 3 is 2.47 bits per heavy atom. The fourth-order valence-corrected chi connectivity index (χ4v) is 2.55. The topological polar surface area (TPSA) is 137 Å². The molecule has 0 saturated heterocycles. The van der Waals surface area contributed by atoms with Gasteiger partial charge in [0.2, 0.25) is 0 Å². The fraction of sp³-hybridized carbons (Fsp3) is 0.250. The lowest BCUT2D eigenvalue weighted by Crippen LogP contribution is -2.22. The van der Waals surface area contributed by atoms with Crippen LogP contribution < -0.4 is 10.6 Å². The second-order valence-electron chi connectivity index (χ2n) is 6.13. The number of nitrogens with zero attached hydrogens (tertiary/aromatic N) is 1. The third-order valence-electron chi connectivity index (χ3n) is 3.97. The molecule has 0 spiro atoms. The molecule has 0 atom stereocenters. The maximum absolute atomic E-state index is 12.5. The van der Waals surface area contributed by atoms with Gasteiger partial charge in [-0.05, 0) is 25.1 Å². The van der Waals surface area contributed by atoms with E-state index >= 15 is 0 Å². The number of nitrogens with one attached hydrogen (secondary N) is 2. The van der Waals surface area contributed by atoms with Crippen molar-refractivity contribution in [3.8, 4) is 0 Å². The van der Waals surface area contributed by atoms with Gasteiger partial charge in [-0.1, -0.05) is 12.1 Å². The Hall–Kier alpha value is -3.79. The summed E-state index contributed by atoms with van der Waals surface area (Å²) in [5.74, 6) is -1.80. The van der Waals surface area contributed by atoms with Crippen LogP contribution in [0.2, 0.25) is 0 Å². The van der Waals surface area contributed by atoms with Crippen molar-refractivity contribution in [1.82, 2.24) is 0 Å². The molecular weight excluding hydrogens is 394 g/mol. The Labute approximate surface area is 172 Å². The van der Waals surface area contributed by atoms with E-state index in [4.69, 9.17) is 9.47 Å². The summed E-state index contributed by atoms with van der Waals surface area (Å²) in [6.07, 6.45) is 0. The molecule has 30 heavy (non-hydrogen) atoms. The first-order valence-electron chi connectivity index (χ1n) is 8.91. The number of para-hydroxylation sites is 1. The fourth-order valence-electron chi connectivity index (χ4n) is 2.55. The van der Waals surface area contributed by atoms with Gasteiger partial charge in [-0.3, -0.25) is 19.7 Å². The second-order valence-corrected chi connectivity index (χ2v) is 6.13. The highest BCUT2D eigenvalue weighted by atomic mass is 16.6. The average Bonchev–Trinajstić information content (AvgIpc) is 2.72. The van der Waals surface area contributed by atoms with Gasteiger partial charge >= 0.3 is 5.97 Å². The first kappa shape index (κ1) is 22.5. The van der Waals surface area contributed by atoms with Crippen molar-refractivity contribution in [3.05, 3.63) is 63.7 Å². The highest BCUT2D eigenvalue weighted by Crippen LogP contribution is 2.23. The summed E-state index contributed by atoms with van der Waals surface area (Å²) in [4.78, 5) is 46.6. The van der Waals surface area contributed by atoms with E-state index in [-0.39, 0.29) is 17.0 Å². The normalized spacial score (nSPS) is 10.2. The minimum absolute atomic E-state index is 0.0859. The molecule has 10 nitrogen and oxygen atoms in total. The van der Waals surface area contributed by atoms with Crippen LogP contribution in [0.15, 0.2) is 42.5 Å². The van der Waals surface area contributed by atoms with Crippen LogP contribution in [-0.4, -0.2) is 49.5 Å². The van der Waals surface area contributed by atoms with Crippen LogP contribution in [0, 0.1) is 10.1 Å². The number of ketones is 1. The predicted octanol–water partition coefficient (Wildman–Crippen LogP) is 2.65. The summed E-state index contributed by atoms with van der Waals surface area (Å²) in [6, 6.07) is 10.1. The smallest absolute Gasteiger partial charge is 0.341 e. The summed E-state index contributed by atoms with van der Waals surface area (Å²) in [5, 5.41) is 16.5. The lowest BCUT2D eigenvalue weighted by molar-refractivity contribution is -0.384. The molecule has 0 saturated carbocycles. The largest absolute Gasteiger partial charge is 0.452 e. The van der Waals surface area contributed by atoms with Gasteiger partial charge < -0.3 is 20.1 Å². The van der Waals surface area contributed by atoms with Gasteiger partial charge in [0.1, 0.15) is 0 Å². The number of methoxy groups -OCH3 is 1. The van der Waals surface area contributed by atoms with E-state index in [0.717, 1.165) is 6.07 Å². The standard InChI is InChI=1S/C20H21N3O7/c1-13(24)15-5-3-4-6-18(15)22-19(25)12-30-20(26)16-11-14(23(27)28)7-8-17(16)21-9-10-29-2/h3-8,11,21H,9-10,12H2,1-2H3,(H,22,25). The van der Waals surface area contributed by atoms with Crippen molar-refractivity contribution in [3.63, 3.8) is 0 Å². The predicted molar refractivity (Wildman–Crippen MR) is 109 cm³/mol.